The monoisotopic (exact) mass is 413 g/mol. The van der Waals surface area contributed by atoms with Crippen LogP contribution in [0.5, 0.6) is 0 Å². The highest BCUT2D eigenvalue weighted by molar-refractivity contribution is 7.89. The number of methoxy groups -OCH3 is 1. The molecule has 1 N–H and O–H groups in total. The van der Waals surface area contributed by atoms with Crippen LogP contribution in [0.3, 0.4) is 0 Å². The minimum absolute atomic E-state index is 0.109. The largest absolute Gasteiger partial charge is 0.385 e. The standard InChI is InChI=1S/C17H27N5O5S/c1-12-9-14(19-20(12)2)16(23)18-13-10-15-17(24)22(5-4-7-27-3)28(25,26)8-6-21(15)11-13/h9,13,15H,4-8,10-11H2,1-3H3,(H,18,23)/t13-,15-/m0/s1. The number of carbonyl (C=O) groups is 2. The van der Waals surface area contributed by atoms with Crippen molar-refractivity contribution in [1.82, 2.24) is 24.3 Å². The molecule has 2 atom stereocenters. The summed E-state index contributed by atoms with van der Waals surface area (Å²) in [4.78, 5) is 27.2. The van der Waals surface area contributed by atoms with E-state index in [2.05, 4.69) is 10.4 Å². The van der Waals surface area contributed by atoms with Crippen LogP contribution in [-0.2, 0) is 26.6 Å². The first kappa shape index (κ1) is 20.7. The van der Waals surface area contributed by atoms with E-state index in [-0.39, 0.29) is 30.8 Å². The lowest BCUT2D eigenvalue weighted by Crippen LogP contribution is -2.44. The number of fused-ring (bicyclic) bond motifs is 1. The van der Waals surface area contributed by atoms with Gasteiger partial charge in [0.15, 0.2) is 0 Å². The molecule has 28 heavy (non-hydrogen) atoms. The molecule has 0 spiro atoms. The fourth-order valence-corrected chi connectivity index (χ4v) is 5.18. The van der Waals surface area contributed by atoms with Crippen LogP contribution in [0.4, 0.5) is 0 Å². The Morgan fingerprint density at radius 2 is 2.18 bits per heavy atom. The number of hydrogen-bond donors (Lipinski definition) is 1. The minimum Gasteiger partial charge on any atom is -0.385 e. The van der Waals surface area contributed by atoms with Crippen LogP contribution in [0.1, 0.15) is 29.0 Å². The summed E-state index contributed by atoms with van der Waals surface area (Å²) in [5.41, 5.74) is 1.20. The predicted octanol–water partition coefficient (Wildman–Crippen LogP) is -0.890. The van der Waals surface area contributed by atoms with Crippen molar-refractivity contribution in [2.75, 3.05) is 39.1 Å². The Labute approximate surface area is 164 Å². The molecule has 1 aromatic rings. The molecule has 2 amide bonds. The average Bonchev–Trinajstić information content (AvgIpc) is 3.17. The van der Waals surface area contributed by atoms with Crippen molar-refractivity contribution in [2.24, 2.45) is 7.05 Å². The third-order valence-electron chi connectivity index (χ3n) is 5.30. The molecule has 3 rings (SSSR count). The third-order valence-corrected chi connectivity index (χ3v) is 7.03. The molecule has 0 bridgehead atoms. The van der Waals surface area contributed by atoms with E-state index in [0.717, 1.165) is 10.00 Å². The molecule has 3 heterocycles. The highest BCUT2D eigenvalue weighted by Gasteiger charge is 2.45. The molecule has 0 unspecified atom stereocenters. The van der Waals surface area contributed by atoms with E-state index < -0.39 is 22.0 Å². The van der Waals surface area contributed by atoms with Crippen molar-refractivity contribution in [3.05, 3.63) is 17.5 Å². The zero-order chi connectivity index (χ0) is 20.5. The lowest BCUT2D eigenvalue weighted by molar-refractivity contribution is -0.130. The number of nitrogens with one attached hydrogen (secondary N) is 1. The lowest BCUT2D eigenvalue weighted by atomic mass is 10.1. The van der Waals surface area contributed by atoms with Gasteiger partial charge in [0.05, 0.1) is 11.8 Å². The number of ether oxygens (including phenoxy) is 1. The lowest BCUT2D eigenvalue weighted by Gasteiger charge is -2.23. The van der Waals surface area contributed by atoms with E-state index in [1.165, 1.54) is 7.11 Å². The summed E-state index contributed by atoms with van der Waals surface area (Å²) in [7, 11) is -0.329. The molecule has 156 valence electrons. The van der Waals surface area contributed by atoms with Crippen LogP contribution in [-0.4, -0.2) is 90.4 Å². The number of rotatable bonds is 6. The minimum atomic E-state index is -3.63. The number of carbonyl (C=O) groups excluding carboxylic acids is 2. The van der Waals surface area contributed by atoms with Gasteiger partial charge >= 0.3 is 0 Å². The highest BCUT2D eigenvalue weighted by atomic mass is 32.2. The van der Waals surface area contributed by atoms with Gasteiger partial charge in [-0.15, -0.1) is 0 Å². The van der Waals surface area contributed by atoms with Gasteiger partial charge in [0.25, 0.3) is 11.8 Å². The zero-order valence-corrected chi connectivity index (χ0v) is 17.2. The van der Waals surface area contributed by atoms with Crippen molar-refractivity contribution in [3.8, 4) is 0 Å². The summed E-state index contributed by atoms with van der Waals surface area (Å²) >= 11 is 0. The Hall–Kier alpha value is -1.98. The van der Waals surface area contributed by atoms with E-state index >= 15 is 0 Å². The molecule has 2 aliphatic heterocycles. The molecule has 0 aromatic carbocycles. The van der Waals surface area contributed by atoms with Gasteiger partial charge in [0, 0.05) is 52.1 Å². The summed E-state index contributed by atoms with van der Waals surface area (Å²) < 4.78 is 32.5. The van der Waals surface area contributed by atoms with Gasteiger partial charge in [-0.1, -0.05) is 0 Å². The van der Waals surface area contributed by atoms with Crippen molar-refractivity contribution in [1.29, 1.82) is 0 Å². The Morgan fingerprint density at radius 1 is 1.43 bits per heavy atom. The van der Waals surface area contributed by atoms with Crippen molar-refractivity contribution in [3.63, 3.8) is 0 Å². The van der Waals surface area contributed by atoms with Crippen LogP contribution >= 0.6 is 0 Å². The van der Waals surface area contributed by atoms with Gasteiger partial charge in [-0.2, -0.15) is 5.10 Å². The summed E-state index contributed by atoms with van der Waals surface area (Å²) in [6.45, 7) is 3.07. The fraction of sp³-hybridized carbons (Fsp3) is 0.706. The third kappa shape index (κ3) is 4.20. The number of hydrogen-bond acceptors (Lipinski definition) is 7. The smallest absolute Gasteiger partial charge is 0.272 e. The summed E-state index contributed by atoms with van der Waals surface area (Å²) in [6, 6.07) is 0.929. The molecule has 1 aromatic heterocycles. The normalized spacial score (nSPS) is 24.8. The Kier molecular flexibility index (Phi) is 6.06. The number of aromatic nitrogens is 2. The Balaban J connectivity index is 1.68. The maximum Gasteiger partial charge on any atom is 0.272 e. The summed E-state index contributed by atoms with van der Waals surface area (Å²) in [5, 5.41) is 7.09. The van der Waals surface area contributed by atoms with Gasteiger partial charge in [0.2, 0.25) is 10.0 Å². The van der Waals surface area contributed by atoms with E-state index in [0.29, 0.717) is 31.7 Å². The van der Waals surface area contributed by atoms with Gasteiger partial charge in [-0.25, -0.2) is 12.7 Å². The topological polar surface area (TPSA) is 114 Å². The number of amides is 2. The molecular formula is C17H27N5O5S. The van der Waals surface area contributed by atoms with Gasteiger partial charge in [-0.3, -0.25) is 19.2 Å². The molecule has 2 aliphatic rings. The van der Waals surface area contributed by atoms with E-state index in [4.69, 9.17) is 4.74 Å². The van der Waals surface area contributed by atoms with Crippen LogP contribution in [0, 0.1) is 6.92 Å². The Bertz CT molecular complexity index is 833. The van der Waals surface area contributed by atoms with Crippen LogP contribution < -0.4 is 5.32 Å². The SMILES string of the molecule is COCCCN1C(=O)[C@@H]2C[C@H](NC(=O)c3cc(C)n(C)n3)CN2CCS1(=O)=O. The first-order chi connectivity index (χ1) is 13.2. The molecule has 2 fully saturated rings. The molecule has 10 nitrogen and oxygen atoms in total. The second-order valence-corrected chi connectivity index (χ2v) is 9.30. The summed E-state index contributed by atoms with van der Waals surface area (Å²) in [5.74, 6) is -0.815. The number of sulfonamides is 1. The van der Waals surface area contributed by atoms with Gasteiger partial charge < -0.3 is 10.1 Å². The van der Waals surface area contributed by atoms with Gasteiger partial charge in [0.1, 0.15) is 5.69 Å². The highest BCUT2D eigenvalue weighted by Crippen LogP contribution is 2.25. The van der Waals surface area contributed by atoms with Crippen molar-refractivity contribution >= 4 is 21.8 Å². The van der Waals surface area contributed by atoms with E-state index in [1.54, 1.807) is 17.8 Å². The second kappa shape index (κ2) is 8.18. The quantitative estimate of drug-likeness (QED) is 0.602. The van der Waals surface area contributed by atoms with E-state index in [9.17, 15) is 18.0 Å². The molecular weight excluding hydrogens is 386 g/mol. The maximum atomic E-state index is 12.9. The number of nitrogens with zero attached hydrogens (tertiary/aromatic N) is 4. The van der Waals surface area contributed by atoms with Crippen molar-refractivity contribution < 1.29 is 22.7 Å². The van der Waals surface area contributed by atoms with Gasteiger partial charge in [-0.05, 0) is 25.8 Å². The first-order valence-electron chi connectivity index (χ1n) is 9.31. The van der Waals surface area contributed by atoms with Crippen LogP contribution in [0.15, 0.2) is 6.07 Å². The maximum absolute atomic E-state index is 12.9. The second-order valence-electron chi connectivity index (χ2n) is 7.28. The first-order valence-corrected chi connectivity index (χ1v) is 10.9. The van der Waals surface area contributed by atoms with Crippen LogP contribution in [0.2, 0.25) is 0 Å². The van der Waals surface area contributed by atoms with Crippen molar-refractivity contribution in [2.45, 2.75) is 31.8 Å². The average molecular weight is 414 g/mol. The number of aryl methyl sites for hydroxylation is 2. The molecule has 2 saturated heterocycles. The van der Waals surface area contributed by atoms with Crippen LogP contribution in [0.25, 0.3) is 0 Å². The fourth-order valence-electron chi connectivity index (χ4n) is 3.69. The predicted molar refractivity (Wildman–Crippen MR) is 101 cm³/mol. The molecule has 11 heteroatoms. The molecule has 0 radical (unpaired) electrons. The van der Waals surface area contributed by atoms with E-state index in [1.807, 2.05) is 11.8 Å². The zero-order valence-electron chi connectivity index (χ0n) is 16.4. The summed E-state index contributed by atoms with van der Waals surface area (Å²) in [6.07, 6.45) is 0.833. The molecule has 0 saturated carbocycles. The molecule has 0 aliphatic carbocycles. The Morgan fingerprint density at radius 3 is 2.82 bits per heavy atom.